The van der Waals surface area contributed by atoms with Crippen molar-refractivity contribution in [2.24, 2.45) is 0 Å². The van der Waals surface area contributed by atoms with E-state index in [0.29, 0.717) is 17.4 Å². The van der Waals surface area contributed by atoms with Crippen molar-refractivity contribution >= 4 is 17.4 Å². The Morgan fingerprint density at radius 1 is 1.00 bits per heavy atom. The third-order valence-corrected chi connectivity index (χ3v) is 4.33. The predicted octanol–water partition coefficient (Wildman–Crippen LogP) is 3.22. The van der Waals surface area contributed by atoms with Crippen LogP contribution in [0.3, 0.4) is 0 Å². The molecule has 8 heteroatoms. The van der Waals surface area contributed by atoms with Crippen LogP contribution in [0.5, 0.6) is 0 Å². The number of nitrogens with one attached hydrogen (secondary N) is 2. The molecule has 0 atom stereocenters. The van der Waals surface area contributed by atoms with Gasteiger partial charge < -0.3 is 10.6 Å². The molecule has 0 bridgehead atoms. The molecule has 3 aromatic rings. The SMILES string of the molecule is O=C(Nc1cnn(-c2ccncc2)c1)Nc1cnn(C2CCCC2)c1. The van der Waals surface area contributed by atoms with Crippen molar-refractivity contribution in [3.63, 3.8) is 0 Å². The van der Waals surface area contributed by atoms with E-state index in [1.54, 1.807) is 35.7 Å². The summed E-state index contributed by atoms with van der Waals surface area (Å²) in [5, 5.41) is 14.2. The molecule has 3 aromatic heterocycles. The second-order valence-corrected chi connectivity index (χ2v) is 6.11. The van der Waals surface area contributed by atoms with Crippen LogP contribution >= 0.6 is 0 Å². The van der Waals surface area contributed by atoms with Crippen LogP contribution in [0.4, 0.5) is 16.2 Å². The van der Waals surface area contributed by atoms with Crippen LogP contribution in [0.15, 0.2) is 49.3 Å². The molecule has 8 nitrogen and oxygen atoms in total. The largest absolute Gasteiger partial charge is 0.323 e. The topological polar surface area (TPSA) is 89.7 Å². The minimum atomic E-state index is -0.319. The van der Waals surface area contributed by atoms with Crippen molar-refractivity contribution in [3.8, 4) is 5.69 Å². The molecule has 25 heavy (non-hydrogen) atoms. The van der Waals surface area contributed by atoms with Gasteiger partial charge in [-0.3, -0.25) is 9.67 Å². The average molecular weight is 337 g/mol. The van der Waals surface area contributed by atoms with Gasteiger partial charge in [-0.2, -0.15) is 10.2 Å². The standard InChI is InChI=1S/C17H19N7O/c25-17(21-13-9-19-23(11-13)15-3-1-2-4-15)22-14-10-20-24(12-14)16-5-7-18-8-6-16/h5-12,15H,1-4H2,(H2,21,22,25). The van der Waals surface area contributed by atoms with Crippen molar-refractivity contribution < 1.29 is 4.79 Å². The van der Waals surface area contributed by atoms with E-state index in [1.807, 2.05) is 23.0 Å². The van der Waals surface area contributed by atoms with Gasteiger partial charge in [-0.1, -0.05) is 12.8 Å². The molecule has 3 heterocycles. The van der Waals surface area contributed by atoms with E-state index in [1.165, 1.54) is 12.8 Å². The summed E-state index contributed by atoms with van der Waals surface area (Å²) in [7, 11) is 0. The van der Waals surface area contributed by atoms with Crippen LogP contribution in [0.1, 0.15) is 31.7 Å². The number of hydrogen-bond acceptors (Lipinski definition) is 4. The zero-order valence-corrected chi connectivity index (χ0v) is 13.7. The molecule has 128 valence electrons. The average Bonchev–Trinajstić information content (AvgIpc) is 3.37. The molecule has 1 aliphatic carbocycles. The summed E-state index contributed by atoms with van der Waals surface area (Å²) in [5.41, 5.74) is 2.17. The smallest absolute Gasteiger partial charge is 0.305 e. The Labute approximate surface area is 144 Å². The Morgan fingerprint density at radius 2 is 1.68 bits per heavy atom. The molecule has 4 rings (SSSR count). The molecule has 0 saturated heterocycles. The molecule has 0 aromatic carbocycles. The second kappa shape index (κ2) is 6.76. The summed E-state index contributed by atoms with van der Waals surface area (Å²) in [6.45, 7) is 0. The zero-order chi connectivity index (χ0) is 17.1. The summed E-state index contributed by atoms with van der Waals surface area (Å²) in [5.74, 6) is 0. The van der Waals surface area contributed by atoms with Crippen molar-refractivity contribution in [1.82, 2.24) is 24.5 Å². The highest BCUT2D eigenvalue weighted by atomic mass is 16.2. The highest BCUT2D eigenvalue weighted by Gasteiger charge is 2.18. The van der Waals surface area contributed by atoms with Gasteiger partial charge in [0.05, 0.1) is 41.7 Å². The predicted molar refractivity (Wildman–Crippen MR) is 93.7 cm³/mol. The molecule has 0 radical (unpaired) electrons. The van der Waals surface area contributed by atoms with Gasteiger partial charge in [0.1, 0.15) is 0 Å². The van der Waals surface area contributed by atoms with Gasteiger partial charge in [-0.15, -0.1) is 0 Å². The number of hydrogen-bond donors (Lipinski definition) is 2. The lowest BCUT2D eigenvalue weighted by molar-refractivity contribution is 0.262. The minimum Gasteiger partial charge on any atom is -0.305 e. The van der Waals surface area contributed by atoms with E-state index >= 15 is 0 Å². The van der Waals surface area contributed by atoms with E-state index in [9.17, 15) is 4.79 Å². The molecule has 2 amide bonds. The maximum Gasteiger partial charge on any atom is 0.323 e. The highest BCUT2D eigenvalue weighted by Crippen LogP contribution is 2.29. The summed E-state index contributed by atoms with van der Waals surface area (Å²) >= 11 is 0. The van der Waals surface area contributed by atoms with E-state index in [4.69, 9.17) is 0 Å². The normalized spacial score (nSPS) is 14.6. The molecule has 2 N–H and O–H groups in total. The number of carbonyl (C=O) groups excluding carboxylic acids is 1. The lowest BCUT2D eigenvalue weighted by Gasteiger charge is -2.08. The minimum absolute atomic E-state index is 0.319. The van der Waals surface area contributed by atoms with Crippen LogP contribution < -0.4 is 10.6 Å². The van der Waals surface area contributed by atoms with Crippen LogP contribution in [-0.2, 0) is 0 Å². The quantitative estimate of drug-likeness (QED) is 0.765. The van der Waals surface area contributed by atoms with E-state index in [0.717, 1.165) is 18.5 Å². The van der Waals surface area contributed by atoms with E-state index in [2.05, 4.69) is 25.8 Å². The van der Waals surface area contributed by atoms with Crippen LogP contribution in [-0.4, -0.2) is 30.6 Å². The molecule has 0 aliphatic heterocycles. The van der Waals surface area contributed by atoms with Crippen LogP contribution in [0, 0.1) is 0 Å². The lowest BCUT2D eigenvalue weighted by Crippen LogP contribution is -2.18. The Morgan fingerprint density at radius 3 is 2.44 bits per heavy atom. The Bertz CT molecular complexity index is 849. The van der Waals surface area contributed by atoms with Crippen molar-refractivity contribution in [2.75, 3.05) is 10.6 Å². The van der Waals surface area contributed by atoms with Gasteiger partial charge in [-0.25, -0.2) is 9.48 Å². The number of anilines is 2. The van der Waals surface area contributed by atoms with Gasteiger partial charge in [0.2, 0.25) is 0 Å². The van der Waals surface area contributed by atoms with E-state index < -0.39 is 0 Å². The Balaban J connectivity index is 1.37. The number of nitrogens with zero attached hydrogens (tertiary/aromatic N) is 5. The zero-order valence-electron chi connectivity index (χ0n) is 13.7. The fraction of sp³-hybridized carbons (Fsp3) is 0.294. The van der Waals surface area contributed by atoms with Crippen LogP contribution in [0.25, 0.3) is 5.69 Å². The Hall–Kier alpha value is -3.16. The first-order valence-electron chi connectivity index (χ1n) is 8.35. The molecule has 0 spiro atoms. The first-order valence-corrected chi connectivity index (χ1v) is 8.35. The van der Waals surface area contributed by atoms with Gasteiger partial charge >= 0.3 is 6.03 Å². The fourth-order valence-electron chi connectivity index (χ4n) is 3.09. The molecular formula is C17H19N7O. The first-order chi connectivity index (χ1) is 12.3. The van der Waals surface area contributed by atoms with Crippen molar-refractivity contribution in [2.45, 2.75) is 31.7 Å². The number of urea groups is 1. The van der Waals surface area contributed by atoms with Gasteiger partial charge in [0.15, 0.2) is 0 Å². The fourth-order valence-corrected chi connectivity index (χ4v) is 3.09. The summed E-state index contributed by atoms with van der Waals surface area (Å²) in [6.07, 6.45) is 15.1. The number of aromatic nitrogens is 5. The number of pyridine rings is 1. The molecule has 1 saturated carbocycles. The van der Waals surface area contributed by atoms with E-state index in [-0.39, 0.29) is 6.03 Å². The van der Waals surface area contributed by atoms with Crippen molar-refractivity contribution in [1.29, 1.82) is 0 Å². The summed E-state index contributed by atoms with van der Waals surface area (Å²) < 4.78 is 3.62. The van der Waals surface area contributed by atoms with Crippen molar-refractivity contribution in [3.05, 3.63) is 49.3 Å². The maximum atomic E-state index is 12.2. The number of carbonyl (C=O) groups is 1. The lowest BCUT2D eigenvalue weighted by atomic mass is 10.3. The Kier molecular flexibility index (Phi) is 4.16. The summed E-state index contributed by atoms with van der Waals surface area (Å²) in [4.78, 5) is 16.1. The highest BCUT2D eigenvalue weighted by molar-refractivity contribution is 5.99. The molecule has 1 fully saturated rings. The summed E-state index contributed by atoms with van der Waals surface area (Å²) in [6, 6.07) is 3.82. The van der Waals surface area contributed by atoms with Gasteiger partial charge in [0.25, 0.3) is 0 Å². The van der Waals surface area contributed by atoms with Crippen LogP contribution in [0.2, 0.25) is 0 Å². The molecule has 1 aliphatic rings. The monoisotopic (exact) mass is 337 g/mol. The second-order valence-electron chi connectivity index (χ2n) is 6.11. The maximum absolute atomic E-state index is 12.2. The van der Waals surface area contributed by atoms with Gasteiger partial charge in [-0.05, 0) is 25.0 Å². The third-order valence-electron chi connectivity index (χ3n) is 4.33. The molecular weight excluding hydrogens is 318 g/mol. The van der Waals surface area contributed by atoms with Gasteiger partial charge in [0, 0.05) is 18.6 Å². The first kappa shape index (κ1) is 15.4. The number of amides is 2. The third kappa shape index (κ3) is 3.52. The number of rotatable bonds is 4. The molecule has 0 unspecified atom stereocenters.